The zero-order valence-corrected chi connectivity index (χ0v) is 23.4. The molecular formula is C34H42S2. The van der Waals surface area contributed by atoms with Crippen molar-refractivity contribution in [1.29, 1.82) is 0 Å². The Balaban J connectivity index is 1.24. The first-order valence-electron chi connectivity index (χ1n) is 14.1. The highest BCUT2D eigenvalue weighted by Crippen LogP contribution is 2.27. The second kappa shape index (κ2) is 16.0. The molecule has 0 aliphatic heterocycles. The van der Waals surface area contributed by atoms with Crippen LogP contribution < -0.4 is 0 Å². The summed E-state index contributed by atoms with van der Waals surface area (Å²) in [5.74, 6) is 0. The van der Waals surface area contributed by atoms with Crippen LogP contribution in [0.4, 0.5) is 0 Å². The predicted molar refractivity (Wildman–Crippen MR) is 166 cm³/mol. The van der Waals surface area contributed by atoms with Gasteiger partial charge in [0.2, 0.25) is 0 Å². The maximum atomic E-state index is 2.39. The quantitative estimate of drug-likeness (QED) is 0.360. The third-order valence-corrected chi connectivity index (χ3v) is 8.82. The van der Waals surface area contributed by atoms with Gasteiger partial charge in [-0.15, -0.1) is 23.5 Å². The molecule has 0 amide bonds. The van der Waals surface area contributed by atoms with Crippen molar-refractivity contribution in [3.8, 4) is 11.1 Å². The molecule has 2 aliphatic carbocycles. The number of rotatable bonds is 7. The molecule has 2 heteroatoms. The summed E-state index contributed by atoms with van der Waals surface area (Å²) in [6.45, 7) is 0. The monoisotopic (exact) mass is 514 g/mol. The van der Waals surface area contributed by atoms with Gasteiger partial charge in [0.05, 0.1) is 0 Å². The van der Waals surface area contributed by atoms with E-state index in [0.717, 1.165) is 0 Å². The van der Waals surface area contributed by atoms with Gasteiger partial charge in [0.1, 0.15) is 0 Å². The van der Waals surface area contributed by atoms with E-state index >= 15 is 0 Å². The Labute approximate surface area is 228 Å². The minimum absolute atomic E-state index is 1.26. The van der Waals surface area contributed by atoms with Gasteiger partial charge in [-0.25, -0.2) is 0 Å². The van der Waals surface area contributed by atoms with Crippen LogP contribution in [0.2, 0.25) is 0 Å². The van der Waals surface area contributed by atoms with E-state index in [4.69, 9.17) is 0 Å². The molecule has 36 heavy (non-hydrogen) atoms. The Hall–Kier alpha value is -1.90. The van der Waals surface area contributed by atoms with Crippen LogP contribution in [0.25, 0.3) is 23.3 Å². The molecule has 190 valence electrons. The predicted octanol–water partition coefficient (Wildman–Crippen LogP) is 12.0. The first-order chi connectivity index (χ1) is 17.9. The average molecular weight is 515 g/mol. The van der Waals surface area contributed by atoms with Gasteiger partial charge in [-0.05, 0) is 107 Å². The molecule has 0 saturated heterocycles. The first-order valence-corrected chi connectivity index (χ1v) is 16.0. The molecule has 2 saturated carbocycles. The maximum absolute atomic E-state index is 2.39. The fourth-order valence-electron chi connectivity index (χ4n) is 5.03. The smallest absolute Gasteiger partial charge is 0.0184 e. The van der Waals surface area contributed by atoms with Crippen molar-refractivity contribution in [2.45, 2.75) is 89.9 Å². The zero-order chi connectivity index (χ0) is 24.7. The van der Waals surface area contributed by atoms with E-state index < -0.39 is 0 Å². The van der Waals surface area contributed by atoms with Crippen molar-refractivity contribution in [2.24, 2.45) is 0 Å². The van der Waals surface area contributed by atoms with Crippen molar-refractivity contribution in [2.75, 3.05) is 0 Å². The molecule has 2 aromatic carbocycles. The van der Waals surface area contributed by atoms with Crippen LogP contribution in [-0.2, 0) is 0 Å². The first kappa shape index (κ1) is 27.1. The summed E-state index contributed by atoms with van der Waals surface area (Å²) in [5, 5.41) is 9.24. The molecule has 0 unspecified atom stereocenters. The normalized spacial score (nSPS) is 18.0. The number of thioether (sulfide) groups is 2. The van der Waals surface area contributed by atoms with Gasteiger partial charge in [-0.2, -0.15) is 0 Å². The molecule has 2 aromatic rings. The molecule has 0 bridgehead atoms. The largest absolute Gasteiger partial charge is 0.106 e. The Morgan fingerprint density at radius 1 is 0.417 bits per heavy atom. The summed E-state index contributed by atoms with van der Waals surface area (Å²) < 4.78 is 0. The molecule has 0 spiro atoms. The molecule has 2 aliphatic rings. The van der Waals surface area contributed by atoms with Crippen LogP contribution in [0.1, 0.15) is 101 Å². The van der Waals surface area contributed by atoms with Crippen LogP contribution in [0.15, 0.2) is 81.3 Å². The molecule has 4 rings (SSSR count). The van der Waals surface area contributed by atoms with E-state index in [2.05, 4.69) is 82.3 Å². The highest BCUT2D eigenvalue weighted by molar-refractivity contribution is 8.05. The lowest BCUT2D eigenvalue weighted by atomic mass is 9.97. The molecule has 0 N–H and O–H groups in total. The molecule has 0 aromatic heterocycles. The Bertz CT molecular complexity index is 916. The summed E-state index contributed by atoms with van der Waals surface area (Å²) in [6.07, 6.45) is 23.6. The Morgan fingerprint density at radius 2 is 0.750 bits per heavy atom. The maximum Gasteiger partial charge on any atom is -0.0184 e. The van der Waals surface area contributed by atoms with Gasteiger partial charge in [-0.3, -0.25) is 0 Å². The fourth-order valence-corrected chi connectivity index (χ4v) is 6.52. The summed E-state index contributed by atoms with van der Waals surface area (Å²) in [7, 11) is 0. The Morgan fingerprint density at radius 3 is 1.11 bits per heavy atom. The number of benzene rings is 2. The van der Waals surface area contributed by atoms with Crippen LogP contribution in [0.3, 0.4) is 0 Å². The van der Waals surface area contributed by atoms with Crippen molar-refractivity contribution >= 4 is 35.7 Å². The lowest BCUT2D eigenvalue weighted by Crippen LogP contribution is -1.90. The van der Waals surface area contributed by atoms with Gasteiger partial charge >= 0.3 is 0 Å². The van der Waals surface area contributed by atoms with Gasteiger partial charge < -0.3 is 0 Å². The standard InChI is InChI=1S/C34H42S2/c1-3-7-11-31(12-8-4-1)27-35-25-23-29-15-19-33(20-16-29)34-21-17-30(18-22-34)24-26-36-28-32-13-9-5-2-6-10-14-32/h15-28H,1-14H2/b25-23+,26-24+. The third kappa shape index (κ3) is 9.87. The molecule has 0 heterocycles. The summed E-state index contributed by atoms with van der Waals surface area (Å²) >= 11 is 3.67. The van der Waals surface area contributed by atoms with Crippen molar-refractivity contribution in [3.63, 3.8) is 0 Å². The number of hydrogen-bond acceptors (Lipinski definition) is 2. The van der Waals surface area contributed by atoms with Crippen LogP contribution >= 0.6 is 23.5 Å². The summed E-state index contributed by atoms with van der Waals surface area (Å²) in [5.41, 5.74) is 8.35. The molecule has 0 radical (unpaired) electrons. The molecule has 0 atom stereocenters. The minimum Gasteiger partial charge on any atom is -0.106 e. The van der Waals surface area contributed by atoms with E-state index in [9.17, 15) is 0 Å². The lowest BCUT2D eigenvalue weighted by Gasteiger charge is -2.11. The second-order valence-corrected chi connectivity index (χ2v) is 11.8. The van der Waals surface area contributed by atoms with Crippen LogP contribution in [0.5, 0.6) is 0 Å². The third-order valence-electron chi connectivity index (χ3n) is 7.29. The van der Waals surface area contributed by atoms with E-state index in [1.54, 1.807) is 11.1 Å². The lowest BCUT2D eigenvalue weighted by molar-refractivity contribution is 0.569. The minimum atomic E-state index is 1.26. The van der Waals surface area contributed by atoms with Gasteiger partial charge in [0, 0.05) is 0 Å². The average Bonchev–Trinajstić information content (AvgIpc) is 2.87. The molecular weight excluding hydrogens is 473 g/mol. The number of allylic oxidation sites excluding steroid dienone is 2. The second-order valence-electron chi connectivity index (χ2n) is 10.2. The van der Waals surface area contributed by atoms with Crippen LogP contribution in [0, 0.1) is 0 Å². The molecule has 2 fully saturated rings. The Kier molecular flexibility index (Phi) is 12.1. The highest BCUT2D eigenvalue weighted by atomic mass is 32.2. The van der Waals surface area contributed by atoms with Crippen molar-refractivity contribution in [1.82, 2.24) is 0 Å². The zero-order valence-electron chi connectivity index (χ0n) is 21.8. The number of hydrogen-bond donors (Lipinski definition) is 0. The van der Waals surface area contributed by atoms with Crippen molar-refractivity contribution in [3.05, 3.63) is 92.4 Å². The van der Waals surface area contributed by atoms with E-state index in [1.807, 2.05) is 23.5 Å². The topological polar surface area (TPSA) is 0 Å². The summed E-state index contributed by atoms with van der Waals surface area (Å²) in [4.78, 5) is 0. The van der Waals surface area contributed by atoms with E-state index in [0.29, 0.717) is 0 Å². The van der Waals surface area contributed by atoms with Gasteiger partial charge in [0.25, 0.3) is 0 Å². The summed E-state index contributed by atoms with van der Waals surface area (Å²) in [6, 6.07) is 17.8. The van der Waals surface area contributed by atoms with E-state index in [1.165, 1.54) is 112 Å². The van der Waals surface area contributed by atoms with Crippen LogP contribution in [-0.4, -0.2) is 0 Å². The van der Waals surface area contributed by atoms with E-state index in [-0.39, 0.29) is 0 Å². The van der Waals surface area contributed by atoms with Gasteiger partial charge in [0.15, 0.2) is 0 Å². The van der Waals surface area contributed by atoms with Gasteiger partial charge in [-0.1, -0.05) is 98.2 Å². The molecule has 0 nitrogen and oxygen atoms in total. The van der Waals surface area contributed by atoms with Crippen molar-refractivity contribution < 1.29 is 0 Å². The highest BCUT2D eigenvalue weighted by Gasteiger charge is 2.04. The fraction of sp³-hybridized carbons (Fsp3) is 0.412. The SMILES string of the molecule is C(S/C=C/c1ccc(-c2ccc(/C=C/SC=C3CCCCCCC3)cc2)cc1)=C1CCCCCCC1.